The molecule has 1 amide bonds. The minimum absolute atomic E-state index is 0.0250. The van der Waals surface area contributed by atoms with E-state index >= 15 is 0 Å². The van der Waals surface area contributed by atoms with Crippen molar-refractivity contribution in [1.29, 1.82) is 0 Å². The summed E-state index contributed by atoms with van der Waals surface area (Å²) in [5.41, 5.74) is 0.346. The Bertz CT molecular complexity index is 1170. The van der Waals surface area contributed by atoms with Gasteiger partial charge in [0.05, 0.1) is 10.1 Å². The summed E-state index contributed by atoms with van der Waals surface area (Å²) in [6.07, 6.45) is 2.68. The van der Waals surface area contributed by atoms with Gasteiger partial charge >= 0.3 is 0 Å². The number of benzene rings is 1. The van der Waals surface area contributed by atoms with Crippen molar-refractivity contribution in [3.8, 4) is 0 Å². The van der Waals surface area contributed by atoms with Crippen molar-refractivity contribution >= 4 is 38.1 Å². The maximum absolute atomic E-state index is 12.8. The summed E-state index contributed by atoms with van der Waals surface area (Å²) >= 11 is 1.04. The number of carbonyl (C=O) groups is 1. The third-order valence-electron chi connectivity index (χ3n) is 4.20. The molecule has 0 bridgehead atoms. The number of aromatic nitrogens is 5. The highest BCUT2D eigenvalue weighted by Gasteiger charge is 2.36. The van der Waals surface area contributed by atoms with Crippen LogP contribution in [0.1, 0.15) is 30.1 Å². The monoisotopic (exact) mass is 447 g/mol. The Labute approximate surface area is 175 Å². The number of amides is 1. The quantitative estimate of drug-likeness (QED) is 0.389. The molecule has 1 aliphatic carbocycles. The molecule has 1 fully saturated rings. The van der Waals surface area contributed by atoms with E-state index in [2.05, 4.69) is 35.0 Å². The molecule has 1 saturated carbocycles. The Hall–Kier alpha value is -3.19. The van der Waals surface area contributed by atoms with Crippen LogP contribution in [-0.2, 0) is 26.1 Å². The predicted molar refractivity (Wildman–Crippen MR) is 108 cm³/mol. The second kappa shape index (κ2) is 8.28. The van der Waals surface area contributed by atoms with Crippen molar-refractivity contribution in [2.24, 2.45) is 5.16 Å². The van der Waals surface area contributed by atoms with Gasteiger partial charge < -0.3 is 4.84 Å². The molecule has 0 unspecified atom stereocenters. The largest absolute Gasteiger partial charge is 0.387 e. The van der Waals surface area contributed by atoms with Gasteiger partial charge in [0.15, 0.2) is 28.0 Å². The van der Waals surface area contributed by atoms with Gasteiger partial charge in [0.2, 0.25) is 5.13 Å². The van der Waals surface area contributed by atoms with E-state index in [0.29, 0.717) is 35.2 Å². The van der Waals surface area contributed by atoms with Gasteiger partial charge in [0.1, 0.15) is 12.2 Å². The number of hydrogen-bond donors (Lipinski definition) is 2. The number of rotatable bonds is 8. The van der Waals surface area contributed by atoms with Crippen molar-refractivity contribution in [2.45, 2.75) is 36.5 Å². The van der Waals surface area contributed by atoms with E-state index < -0.39 is 15.7 Å². The van der Waals surface area contributed by atoms with Gasteiger partial charge in [0.25, 0.3) is 5.91 Å². The van der Waals surface area contributed by atoms with Crippen LogP contribution in [0.3, 0.4) is 0 Å². The lowest BCUT2D eigenvalue weighted by molar-refractivity contribution is -0.110. The fraction of sp³-hybridized carbons (Fsp3) is 0.294. The SMILES string of the molecule is Cc1nsc(NC(=O)C(=NOCc2ncn[nH]2)c2ccc(S(=O)(=O)C3CC3)cc2)n1. The average molecular weight is 448 g/mol. The first-order valence-corrected chi connectivity index (χ1v) is 11.3. The van der Waals surface area contributed by atoms with Gasteiger partial charge in [-0.3, -0.25) is 15.2 Å². The molecule has 1 aliphatic rings. The molecule has 0 atom stereocenters. The Morgan fingerprint density at radius 2 is 2.10 bits per heavy atom. The highest BCUT2D eigenvalue weighted by atomic mass is 32.2. The highest BCUT2D eigenvalue weighted by Crippen LogP contribution is 2.33. The standard InChI is InChI=1S/C17H17N7O4S2/c1-10-20-17(29-24-10)21-16(25)15(23-28-8-14-18-9-19-22-14)11-2-4-12(5-3-11)30(26,27)13-6-7-13/h2-5,9,13H,6-8H2,1H3,(H,18,19,22)(H,20,21,24,25). The number of nitrogens with zero attached hydrogens (tertiary/aromatic N) is 5. The number of sulfone groups is 1. The van der Waals surface area contributed by atoms with Crippen LogP contribution in [0.4, 0.5) is 5.13 Å². The maximum Gasteiger partial charge on any atom is 0.280 e. The topological polar surface area (TPSA) is 152 Å². The first-order chi connectivity index (χ1) is 14.4. The van der Waals surface area contributed by atoms with E-state index in [1.807, 2.05) is 0 Å². The Morgan fingerprint density at radius 1 is 1.33 bits per heavy atom. The summed E-state index contributed by atoms with van der Waals surface area (Å²) in [6.45, 7) is 1.68. The first-order valence-electron chi connectivity index (χ1n) is 8.93. The number of hydrogen-bond acceptors (Lipinski definition) is 10. The van der Waals surface area contributed by atoms with Crippen LogP contribution in [0.2, 0.25) is 0 Å². The summed E-state index contributed by atoms with van der Waals surface area (Å²) in [5.74, 6) is 0.399. The predicted octanol–water partition coefficient (Wildman–Crippen LogP) is 1.46. The lowest BCUT2D eigenvalue weighted by Crippen LogP contribution is -2.24. The van der Waals surface area contributed by atoms with Gasteiger partial charge in [0, 0.05) is 17.1 Å². The van der Waals surface area contributed by atoms with Gasteiger partial charge in [-0.05, 0) is 31.9 Å². The molecule has 2 aromatic heterocycles. The van der Waals surface area contributed by atoms with Gasteiger partial charge in [-0.2, -0.15) is 9.47 Å². The molecule has 0 spiro atoms. The molecule has 2 heterocycles. The Kier molecular flexibility index (Phi) is 5.55. The van der Waals surface area contributed by atoms with Crippen molar-refractivity contribution in [2.75, 3.05) is 5.32 Å². The van der Waals surface area contributed by atoms with Crippen LogP contribution in [0.25, 0.3) is 0 Å². The number of aromatic amines is 1. The molecule has 156 valence electrons. The Balaban J connectivity index is 1.57. The second-order valence-electron chi connectivity index (χ2n) is 6.52. The molecule has 0 aliphatic heterocycles. The van der Waals surface area contributed by atoms with E-state index in [0.717, 1.165) is 11.5 Å². The van der Waals surface area contributed by atoms with Crippen molar-refractivity contribution in [3.63, 3.8) is 0 Å². The van der Waals surface area contributed by atoms with E-state index in [1.54, 1.807) is 6.92 Å². The summed E-state index contributed by atoms with van der Waals surface area (Å²) in [7, 11) is -3.33. The molecular weight excluding hydrogens is 430 g/mol. The Morgan fingerprint density at radius 3 is 2.70 bits per heavy atom. The smallest absolute Gasteiger partial charge is 0.280 e. The van der Waals surface area contributed by atoms with Crippen molar-refractivity contribution in [3.05, 3.63) is 47.8 Å². The molecule has 1 aromatic carbocycles. The molecule has 30 heavy (non-hydrogen) atoms. The van der Waals surface area contributed by atoms with Gasteiger partial charge in [-0.25, -0.2) is 18.4 Å². The number of nitrogens with one attached hydrogen (secondary N) is 2. The lowest BCUT2D eigenvalue weighted by Gasteiger charge is -2.08. The average Bonchev–Trinajstić information content (AvgIpc) is 3.34. The number of aryl methyl sites for hydroxylation is 1. The first kappa shape index (κ1) is 20.1. The number of carbonyl (C=O) groups excluding carboxylic acids is 1. The normalized spacial score (nSPS) is 14.5. The second-order valence-corrected chi connectivity index (χ2v) is 9.50. The molecule has 4 rings (SSSR count). The summed E-state index contributed by atoms with van der Waals surface area (Å²) < 4.78 is 28.8. The number of anilines is 1. The third kappa shape index (κ3) is 4.52. The van der Waals surface area contributed by atoms with Crippen molar-refractivity contribution < 1.29 is 18.0 Å². The molecular formula is C17H17N7O4S2. The third-order valence-corrected chi connectivity index (χ3v) is 7.20. The van der Waals surface area contributed by atoms with Crippen LogP contribution in [0, 0.1) is 6.92 Å². The molecule has 11 nitrogen and oxygen atoms in total. The maximum atomic E-state index is 12.8. The zero-order valence-corrected chi connectivity index (χ0v) is 17.4. The molecule has 2 N–H and O–H groups in total. The van der Waals surface area contributed by atoms with E-state index in [9.17, 15) is 13.2 Å². The highest BCUT2D eigenvalue weighted by molar-refractivity contribution is 7.92. The number of oxime groups is 1. The fourth-order valence-electron chi connectivity index (χ4n) is 2.56. The zero-order valence-electron chi connectivity index (χ0n) is 15.8. The van der Waals surface area contributed by atoms with Crippen LogP contribution >= 0.6 is 11.5 Å². The van der Waals surface area contributed by atoms with Crippen LogP contribution in [-0.4, -0.2) is 49.8 Å². The molecule has 0 radical (unpaired) electrons. The molecule has 13 heteroatoms. The summed E-state index contributed by atoms with van der Waals surface area (Å²) in [6, 6.07) is 5.99. The van der Waals surface area contributed by atoms with Crippen LogP contribution < -0.4 is 5.32 Å². The minimum Gasteiger partial charge on any atom is -0.387 e. The van der Waals surface area contributed by atoms with Gasteiger partial charge in [-0.1, -0.05) is 17.3 Å². The fourth-order valence-corrected chi connectivity index (χ4v) is 4.79. The van der Waals surface area contributed by atoms with Crippen LogP contribution in [0.15, 0.2) is 40.6 Å². The van der Waals surface area contributed by atoms with E-state index in [-0.39, 0.29) is 22.5 Å². The van der Waals surface area contributed by atoms with Gasteiger partial charge in [-0.15, -0.1) is 0 Å². The van der Waals surface area contributed by atoms with Crippen molar-refractivity contribution in [1.82, 2.24) is 24.5 Å². The number of H-pyrrole nitrogens is 1. The van der Waals surface area contributed by atoms with E-state index in [1.165, 1.54) is 30.6 Å². The van der Waals surface area contributed by atoms with Crippen LogP contribution in [0.5, 0.6) is 0 Å². The minimum atomic E-state index is -3.33. The molecule has 0 saturated heterocycles. The molecule has 3 aromatic rings. The van der Waals surface area contributed by atoms with E-state index in [4.69, 9.17) is 4.84 Å². The lowest BCUT2D eigenvalue weighted by atomic mass is 10.1. The summed E-state index contributed by atoms with van der Waals surface area (Å²) in [5, 5.41) is 12.9. The summed E-state index contributed by atoms with van der Waals surface area (Å²) in [4.78, 5) is 26.3. The zero-order chi connectivity index (χ0) is 21.1.